The van der Waals surface area contributed by atoms with E-state index in [1.807, 2.05) is 43.5 Å². The van der Waals surface area contributed by atoms with Crippen molar-refractivity contribution in [1.29, 1.82) is 0 Å². The zero-order valence-electron chi connectivity index (χ0n) is 14.7. The van der Waals surface area contributed by atoms with Gasteiger partial charge in [0.25, 0.3) is 11.8 Å². The highest BCUT2D eigenvalue weighted by Gasteiger charge is 2.34. The highest BCUT2D eigenvalue weighted by atomic mass is 32.2. The minimum Gasteiger partial charge on any atom is -0.326 e. The highest BCUT2D eigenvalue weighted by molar-refractivity contribution is 7.98. The second-order valence-corrected chi connectivity index (χ2v) is 7.07. The van der Waals surface area contributed by atoms with Crippen LogP contribution in [0.25, 0.3) is 0 Å². The van der Waals surface area contributed by atoms with Gasteiger partial charge < -0.3 is 5.32 Å². The number of imide groups is 1. The van der Waals surface area contributed by atoms with Gasteiger partial charge in [-0.15, -0.1) is 11.8 Å². The quantitative estimate of drug-likeness (QED) is 0.623. The number of amides is 3. The maximum atomic E-state index is 12.4. The fraction of sp³-hybridized carbons (Fsp3) is 0.250. The van der Waals surface area contributed by atoms with Crippen LogP contribution >= 0.6 is 11.8 Å². The molecule has 3 amide bonds. The second-order valence-electron chi connectivity index (χ2n) is 6.19. The molecule has 1 aliphatic heterocycles. The molecule has 5 nitrogen and oxygen atoms in total. The van der Waals surface area contributed by atoms with Gasteiger partial charge >= 0.3 is 0 Å². The fourth-order valence-corrected chi connectivity index (χ4v) is 3.31. The van der Waals surface area contributed by atoms with Crippen molar-refractivity contribution in [2.45, 2.75) is 24.7 Å². The molecule has 6 heteroatoms. The summed E-state index contributed by atoms with van der Waals surface area (Å²) in [6.07, 6.45) is 2.67. The summed E-state index contributed by atoms with van der Waals surface area (Å²) in [5.74, 6) is -0.686. The molecule has 0 fully saturated rings. The third kappa shape index (κ3) is 3.80. The number of hydrogen-bond donors (Lipinski definition) is 1. The van der Waals surface area contributed by atoms with Gasteiger partial charge in [-0.05, 0) is 56.0 Å². The first-order valence-corrected chi connectivity index (χ1v) is 9.63. The average Bonchev–Trinajstić information content (AvgIpc) is 2.86. The normalized spacial score (nSPS) is 13.1. The second kappa shape index (κ2) is 7.74. The van der Waals surface area contributed by atoms with Gasteiger partial charge in [0.1, 0.15) is 0 Å². The van der Waals surface area contributed by atoms with Crippen LogP contribution in [0.15, 0.2) is 47.4 Å². The number of carbonyl (C=O) groups excluding carboxylic acids is 3. The molecule has 0 saturated carbocycles. The summed E-state index contributed by atoms with van der Waals surface area (Å²) in [7, 11) is 0. The standard InChI is InChI=1S/C20H20N2O3S/c1-13-5-10-16-17(12-13)20(25)22(19(16)24)11-3-4-18(23)21-14-6-8-15(26-2)9-7-14/h5-10,12H,3-4,11H2,1-2H3,(H,21,23). The summed E-state index contributed by atoms with van der Waals surface area (Å²) in [4.78, 5) is 39.2. The predicted molar refractivity (Wildman–Crippen MR) is 103 cm³/mol. The smallest absolute Gasteiger partial charge is 0.261 e. The van der Waals surface area contributed by atoms with Gasteiger partial charge in [-0.1, -0.05) is 11.6 Å². The van der Waals surface area contributed by atoms with Crippen molar-refractivity contribution in [3.63, 3.8) is 0 Å². The minimum absolute atomic E-state index is 0.130. The lowest BCUT2D eigenvalue weighted by atomic mass is 10.1. The predicted octanol–water partition coefficient (Wildman–Crippen LogP) is 3.73. The van der Waals surface area contributed by atoms with Crippen molar-refractivity contribution in [2.24, 2.45) is 0 Å². The van der Waals surface area contributed by atoms with Gasteiger partial charge in [0.2, 0.25) is 5.91 Å². The molecule has 134 valence electrons. The summed E-state index contributed by atoms with van der Waals surface area (Å²) in [6, 6.07) is 12.9. The first-order valence-electron chi connectivity index (χ1n) is 8.40. The van der Waals surface area contributed by atoms with Crippen LogP contribution in [0.1, 0.15) is 39.1 Å². The van der Waals surface area contributed by atoms with E-state index in [4.69, 9.17) is 0 Å². The van der Waals surface area contributed by atoms with E-state index in [0.717, 1.165) is 16.1 Å². The summed E-state index contributed by atoms with van der Waals surface area (Å²) in [5.41, 5.74) is 2.58. The van der Waals surface area contributed by atoms with Gasteiger partial charge in [-0.3, -0.25) is 19.3 Å². The Bertz CT molecular complexity index is 862. The lowest BCUT2D eigenvalue weighted by molar-refractivity contribution is -0.116. The van der Waals surface area contributed by atoms with Crippen LogP contribution in [0.4, 0.5) is 5.69 Å². The maximum Gasteiger partial charge on any atom is 0.261 e. The lowest BCUT2D eigenvalue weighted by Crippen LogP contribution is -2.31. The van der Waals surface area contributed by atoms with Crippen LogP contribution in [0.5, 0.6) is 0 Å². The number of fused-ring (bicyclic) bond motifs is 1. The van der Waals surface area contributed by atoms with E-state index in [1.165, 1.54) is 4.90 Å². The fourth-order valence-electron chi connectivity index (χ4n) is 2.90. The van der Waals surface area contributed by atoms with E-state index in [9.17, 15) is 14.4 Å². The zero-order chi connectivity index (χ0) is 18.7. The van der Waals surface area contributed by atoms with E-state index >= 15 is 0 Å². The average molecular weight is 368 g/mol. The van der Waals surface area contributed by atoms with Crippen molar-refractivity contribution in [3.05, 3.63) is 59.2 Å². The molecule has 2 aromatic rings. The van der Waals surface area contributed by atoms with Gasteiger partial charge in [0.15, 0.2) is 0 Å². The molecule has 0 atom stereocenters. The topological polar surface area (TPSA) is 66.5 Å². The van der Waals surface area contributed by atoms with E-state index in [-0.39, 0.29) is 30.7 Å². The van der Waals surface area contributed by atoms with Crippen LogP contribution in [-0.4, -0.2) is 35.4 Å². The Morgan fingerprint density at radius 1 is 1.04 bits per heavy atom. The van der Waals surface area contributed by atoms with Crippen LogP contribution in [0.2, 0.25) is 0 Å². The van der Waals surface area contributed by atoms with Gasteiger partial charge in [-0.25, -0.2) is 0 Å². The highest BCUT2D eigenvalue weighted by Crippen LogP contribution is 2.24. The molecule has 0 bridgehead atoms. The Kier molecular flexibility index (Phi) is 5.42. The number of hydrogen-bond acceptors (Lipinski definition) is 4. The third-order valence-corrected chi connectivity index (χ3v) is 5.03. The van der Waals surface area contributed by atoms with Crippen LogP contribution in [0, 0.1) is 6.92 Å². The molecule has 1 N–H and O–H groups in total. The SMILES string of the molecule is CSc1ccc(NC(=O)CCCN2C(=O)c3ccc(C)cc3C2=O)cc1. The van der Waals surface area contributed by atoms with Crippen LogP contribution < -0.4 is 5.32 Å². The maximum absolute atomic E-state index is 12.4. The van der Waals surface area contributed by atoms with E-state index in [2.05, 4.69) is 5.32 Å². The third-order valence-electron chi connectivity index (χ3n) is 4.29. The van der Waals surface area contributed by atoms with Gasteiger partial charge in [0.05, 0.1) is 11.1 Å². The molecule has 1 heterocycles. The number of rotatable bonds is 6. The molecule has 26 heavy (non-hydrogen) atoms. The Labute approximate surface area is 156 Å². The number of benzene rings is 2. The molecule has 0 unspecified atom stereocenters. The van der Waals surface area contributed by atoms with Crippen molar-refractivity contribution in [3.8, 4) is 0 Å². The number of nitrogens with one attached hydrogen (secondary N) is 1. The Morgan fingerprint density at radius 3 is 2.42 bits per heavy atom. The van der Waals surface area contributed by atoms with Crippen LogP contribution in [-0.2, 0) is 4.79 Å². The molecule has 2 aromatic carbocycles. The summed E-state index contributed by atoms with van der Waals surface area (Å²) < 4.78 is 0. The van der Waals surface area contributed by atoms with Crippen molar-refractivity contribution >= 4 is 35.2 Å². The largest absolute Gasteiger partial charge is 0.326 e. The molecule has 0 aromatic heterocycles. The first kappa shape index (κ1) is 18.2. The zero-order valence-corrected chi connectivity index (χ0v) is 15.6. The lowest BCUT2D eigenvalue weighted by Gasteiger charge is -2.13. The molecular formula is C20H20N2O3S. The monoisotopic (exact) mass is 368 g/mol. The van der Waals surface area contributed by atoms with Crippen molar-refractivity contribution < 1.29 is 14.4 Å². The molecule has 1 aliphatic rings. The van der Waals surface area contributed by atoms with E-state index < -0.39 is 0 Å². The van der Waals surface area contributed by atoms with Crippen molar-refractivity contribution in [2.75, 3.05) is 18.1 Å². The van der Waals surface area contributed by atoms with Crippen LogP contribution in [0.3, 0.4) is 0 Å². The Balaban J connectivity index is 1.52. The number of anilines is 1. The van der Waals surface area contributed by atoms with Crippen molar-refractivity contribution in [1.82, 2.24) is 4.90 Å². The molecule has 0 saturated heterocycles. The summed E-state index contributed by atoms with van der Waals surface area (Å²) >= 11 is 1.64. The Hall–Kier alpha value is -2.60. The van der Waals surface area contributed by atoms with E-state index in [0.29, 0.717) is 17.5 Å². The number of carbonyl (C=O) groups is 3. The molecular weight excluding hydrogens is 348 g/mol. The molecule has 0 spiro atoms. The molecule has 3 rings (SSSR count). The molecule has 0 aliphatic carbocycles. The molecule has 0 radical (unpaired) electrons. The number of aryl methyl sites for hydroxylation is 1. The summed E-state index contributed by atoms with van der Waals surface area (Å²) in [6.45, 7) is 2.13. The van der Waals surface area contributed by atoms with Gasteiger partial charge in [0, 0.05) is 23.5 Å². The van der Waals surface area contributed by atoms with E-state index in [1.54, 1.807) is 23.9 Å². The van der Waals surface area contributed by atoms with Gasteiger partial charge in [-0.2, -0.15) is 0 Å². The Morgan fingerprint density at radius 2 is 1.73 bits per heavy atom. The number of thioether (sulfide) groups is 1. The minimum atomic E-state index is -0.280. The number of nitrogens with zero attached hydrogens (tertiary/aromatic N) is 1. The summed E-state index contributed by atoms with van der Waals surface area (Å²) in [5, 5.41) is 2.83. The first-order chi connectivity index (χ1) is 12.5.